The average Bonchev–Trinajstić information content (AvgIpc) is 2.54. The molecular formula is C17H35ClN4O2. The highest BCUT2D eigenvalue weighted by Gasteiger charge is 2.29. The van der Waals surface area contributed by atoms with Gasteiger partial charge in [-0.05, 0) is 19.8 Å². The molecule has 142 valence electrons. The molecule has 2 heterocycles. The van der Waals surface area contributed by atoms with Crippen LogP contribution < -0.4 is 5.73 Å². The number of carbonyl (C=O) groups is 1. The Balaban J connectivity index is 0.00000288. The highest BCUT2D eigenvalue weighted by atomic mass is 35.5. The first-order valence-electron chi connectivity index (χ1n) is 9.01. The van der Waals surface area contributed by atoms with Gasteiger partial charge in [-0.2, -0.15) is 0 Å². The van der Waals surface area contributed by atoms with Crippen molar-refractivity contribution in [2.45, 2.75) is 45.9 Å². The van der Waals surface area contributed by atoms with E-state index in [4.69, 9.17) is 10.5 Å². The summed E-state index contributed by atoms with van der Waals surface area (Å²) < 4.78 is 5.92. The number of nitrogens with zero attached hydrogens (tertiary/aromatic N) is 3. The van der Waals surface area contributed by atoms with Crippen molar-refractivity contribution in [2.24, 2.45) is 11.7 Å². The van der Waals surface area contributed by atoms with Crippen molar-refractivity contribution in [3.63, 3.8) is 0 Å². The zero-order valence-electron chi connectivity index (χ0n) is 15.6. The molecule has 2 aliphatic heterocycles. The van der Waals surface area contributed by atoms with Crippen LogP contribution in [0, 0.1) is 5.92 Å². The van der Waals surface area contributed by atoms with Crippen LogP contribution in [-0.2, 0) is 9.53 Å². The fraction of sp³-hybridized carbons (Fsp3) is 0.941. The Bertz CT molecular complexity index is 387. The highest BCUT2D eigenvalue weighted by Crippen LogP contribution is 2.12. The lowest BCUT2D eigenvalue weighted by Gasteiger charge is -2.40. The molecule has 0 aromatic heterocycles. The maximum absolute atomic E-state index is 12.3. The van der Waals surface area contributed by atoms with E-state index in [1.54, 1.807) is 0 Å². The van der Waals surface area contributed by atoms with E-state index in [2.05, 4.69) is 23.6 Å². The van der Waals surface area contributed by atoms with E-state index in [9.17, 15) is 4.79 Å². The first-order chi connectivity index (χ1) is 10.9. The summed E-state index contributed by atoms with van der Waals surface area (Å²) in [4.78, 5) is 19.1. The van der Waals surface area contributed by atoms with Crippen molar-refractivity contribution in [3.05, 3.63) is 0 Å². The quantitative estimate of drug-likeness (QED) is 0.777. The van der Waals surface area contributed by atoms with Gasteiger partial charge in [-0.1, -0.05) is 13.8 Å². The third-order valence-corrected chi connectivity index (χ3v) is 5.05. The molecule has 6 nitrogen and oxygen atoms in total. The van der Waals surface area contributed by atoms with E-state index in [-0.39, 0.29) is 36.4 Å². The van der Waals surface area contributed by atoms with E-state index in [1.807, 2.05) is 18.7 Å². The molecule has 0 bridgehead atoms. The average molecular weight is 363 g/mol. The number of morpholine rings is 1. The lowest BCUT2D eigenvalue weighted by atomic mass is 10.0. The van der Waals surface area contributed by atoms with Gasteiger partial charge < -0.3 is 15.4 Å². The Kier molecular flexibility index (Phi) is 8.95. The standard InChI is InChI=1S/C17H34N4O2.ClH/c1-13(2)16(18)17(22)20-7-5-19(6-8-20)11-15-12-21(14(3)4)9-10-23-15;/h13-16H,5-12,18H2,1-4H3;1H/t15?,16-;/m0./s1. The van der Waals surface area contributed by atoms with Gasteiger partial charge in [0.25, 0.3) is 0 Å². The van der Waals surface area contributed by atoms with Crippen LogP contribution in [0.15, 0.2) is 0 Å². The Hall–Kier alpha value is -0.400. The van der Waals surface area contributed by atoms with Gasteiger partial charge in [0.2, 0.25) is 5.91 Å². The molecule has 7 heteroatoms. The van der Waals surface area contributed by atoms with Gasteiger partial charge >= 0.3 is 0 Å². The van der Waals surface area contributed by atoms with Crippen LogP contribution in [0.2, 0.25) is 0 Å². The van der Waals surface area contributed by atoms with Crippen LogP contribution in [0.5, 0.6) is 0 Å². The minimum atomic E-state index is -0.372. The number of nitrogens with two attached hydrogens (primary N) is 1. The predicted octanol–water partition coefficient (Wildman–Crippen LogP) is 0.645. The summed E-state index contributed by atoms with van der Waals surface area (Å²) in [5, 5.41) is 0. The molecule has 2 rings (SSSR count). The molecular weight excluding hydrogens is 328 g/mol. The van der Waals surface area contributed by atoms with Crippen LogP contribution >= 0.6 is 12.4 Å². The number of ether oxygens (including phenoxy) is 1. The minimum absolute atomic E-state index is 0. The topological polar surface area (TPSA) is 62.0 Å². The smallest absolute Gasteiger partial charge is 0.239 e. The van der Waals surface area contributed by atoms with Gasteiger partial charge in [-0.3, -0.25) is 14.6 Å². The van der Waals surface area contributed by atoms with E-state index in [1.165, 1.54) is 0 Å². The Labute approximate surface area is 153 Å². The van der Waals surface area contributed by atoms with E-state index in [0.717, 1.165) is 52.4 Å². The zero-order valence-corrected chi connectivity index (χ0v) is 16.4. The fourth-order valence-electron chi connectivity index (χ4n) is 3.26. The number of carbonyl (C=O) groups excluding carboxylic acids is 1. The summed E-state index contributed by atoms with van der Waals surface area (Å²) in [7, 11) is 0. The molecule has 2 N–H and O–H groups in total. The summed E-state index contributed by atoms with van der Waals surface area (Å²) in [6, 6.07) is 0.205. The minimum Gasteiger partial charge on any atom is -0.374 e. The molecule has 0 radical (unpaired) electrons. The van der Waals surface area contributed by atoms with Crippen molar-refractivity contribution in [3.8, 4) is 0 Å². The molecule has 0 aromatic rings. The second-order valence-electron chi connectivity index (χ2n) is 7.48. The monoisotopic (exact) mass is 362 g/mol. The molecule has 1 unspecified atom stereocenters. The first-order valence-corrected chi connectivity index (χ1v) is 9.01. The summed E-state index contributed by atoms with van der Waals surface area (Å²) in [6.45, 7) is 15.7. The molecule has 0 aromatic carbocycles. The van der Waals surface area contributed by atoms with Crippen LogP contribution in [0.25, 0.3) is 0 Å². The number of rotatable bonds is 5. The van der Waals surface area contributed by atoms with Gasteiger partial charge in [0, 0.05) is 51.9 Å². The largest absolute Gasteiger partial charge is 0.374 e. The number of halogens is 1. The first kappa shape index (κ1) is 21.6. The van der Waals surface area contributed by atoms with Gasteiger partial charge in [-0.15, -0.1) is 12.4 Å². The van der Waals surface area contributed by atoms with Gasteiger partial charge in [0.05, 0.1) is 18.8 Å². The molecule has 0 spiro atoms. The van der Waals surface area contributed by atoms with Crippen molar-refractivity contribution in [1.82, 2.24) is 14.7 Å². The van der Waals surface area contributed by atoms with E-state index >= 15 is 0 Å². The van der Waals surface area contributed by atoms with Gasteiger partial charge in [0.1, 0.15) is 0 Å². The highest BCUT2D eigenvalue weighted by molar-refractivity contribution is 5.85. The van der Waals surface area contributed by atoms with Crippen LogP contribution in [-0.4, -0.2) is 91.2 Å². The van der Waals surface area contributed by atoms with Crippen LogP contribution in [0.1, 0.15) is 27.7 Å². The Morgan fingerprint density at radius 3 is 2.29 bits per heavy atom. The normalized spacial score (nSPS) is 25.0. The second-order valence-corrected chi connectivity index (χ2v) is 7.48. The van der Waals surface area contributed by atoms with Crippen molar-refractivity contribution in [2.75, 3.05) is 52.4 Å². The third-order valence-electron chi connectivity index (χ3n) is 5.05. The Morgan fingerprint density at radius 2 is 1.75 bits per heavy atom. The second kappa shape index (κ2) is 9.92. The number of hydrogen-bond acceptors (Lipinski definition) is 5. The zero-order chi connectivity index (χ0) is 17.0. The maximum atomic E-state index is 12.3. The maximum Gasteiger partial charge on any atom is 0.239 e. The van der Waals surface area contributed by atoms with Gasteiger partial charge in [0.15, 0.2) is 0 Å². The SMILES string of the molecule is CC(C)[C@H](N)C(=O)N1CCN(CC2CN(C(C)C)CCO2)CC1.Cl. The van der Waals surface area contributed by atoms with Crippen molar-refractivity contribution < 1.29 is 9.53 Å². The molecule has 2 aliphatic rings. The third kappa shape index (κ3) is 5.85. The number of hydrogen-bond donors (Lipinski definition) is 1. The number of amides is 1. The number of piperazine rings is 1. The molecule has 2 atom stereocenters. The van der Waals surface area contributed by atoms with Gasteiger partial charge in [-0.25, -0.2) is 0 Å². The molecule has 1 amide bonds. The lowest BCUT2D eigenvalue weighted by molar-refractivity contribution is -0.135. The lowest BCUT2D eigenvalue weighted by Crippen LogP contribution is -2.56. The fourth-order valence-corrected chi connectivity index (χ4v) is 3.26. The van der Waals surface area contributed by atoms with E-state index < -0.39 is 0 Å². The summed E-state index contributed by atoms with van der Waals surface area (Å²) in [5.41, 5.74) is 5.99. The molecule has 2 fully saturated rings. The predicted molar refractivity (Wildman–Crippen MR) is 99.5 cm³/mol. The van der Waals surface area contributed by atoms with Crippen LogP contribution in [0.3, 0.4) is 0 Å². The molecule has 0 saturated carbocycles. The van der Waals surface area contributed by atoms with Crippen molar-refractivity contribution in [1.29, 1.82) is 0 Å². The summed E-state index contributed by atoms with van der Waals surface area (Å²) in [5.74, 6) is 0.290. The summed E-state index contributed by atoms with van der Waals surface area (Å²) in [6.07, 6.45) is 0.284. The van der Waals surface area contributed by atoms with E-state index in [0.29, 0.717) is 6.04 Å². The molecule has 0 aliphatic carbocycles. The molecule has 24 heavy (non-hydrogen) atoms. The van der Waals surface area contributed by atoms with Crippen molar-refractivity contribution >= 4 is 18.3 Å². The van der Waals surface area contributed by atoms with Crippen LogP contribution in [0.4, 0.5) is 0 Å². The molecule has 2 saturated heterocycles. The Morgan fingerprint density at radius 1 is 1.12 bits per heavy atom. The summed E-state index contributed by atoms with van der Waals surface area (Å²) >= 11 is 0.